The predicted molar refractivity (Wildman–Crippen MR) is 92.8 cm³/mol. The summed E-state index contributed by atoms with van der Waals surface area (Å²) >= 11 is 0. The van der Waals surface area contributed by atoms with Crippen LogP contribution in [0.3, 0.4) is 0 Å². The lowest BCUT2D eigenvalue weighted by atomic mass is 10.1. The van der Waals surface area contributed by atoms with E-state index in [0.29, 0.717) is 18.3 Å². The van der Waals surface area contributed by atoms with E-state index in [4.69, 9.17) is 0 Å². The van der Waals surface area contributed by atoms with Gasteiger partial charge in [-0.2, -0.15) is 10.2 Å². The highest BCUT2D eigenvalue weighted by molar-refractivity contribution is 5.56. The molecular weight excluding hydrogens is 304 g/mol. The maximum atomic E-state index is 4.58. The molecule has 24 heavy (non-hydrogen) atoms. The quantitative estimate of drug-likeness (QED) is 0.740. The Balaban J connectivity index is 1.80. The van der Waals surface area contributed by atoms with Crippen LogP contribution in [0.15, 0.2) is 24.3 Å². The van der Waals surface area contributed by atoms with Crippen molar-refractivity contribution < 1.29 is 0 Å². The molecule has 2 heterocycles. The Hall–Kier alpha value is -3.03. The second-order valence-corrected chi connectivity index (χ2v) is 5.77. The van der Waals surface area contributed by atoms with Gasteiger partial charge < -0.3 is 10.2 Å². The summed E-state index contributed by atoms with van der Waals surface area (Å²) in [6, 6.07) is 8.02. The molecule has 0 aliphatic rings. The number of benzene rings is 1. The van der Waals surface area contributed by atoms with E-state index >= 15 is 0 Å². The molecule has 0 aliphatic heterocycles. The molecule has 0 unspecified atom stereocenters. The highest BCUT2D eigenvalue weighted by atomic mass is 15.5. The second-order valence-electron chi connectivity index (χ2n) is 5.77. The molecule has 0 saturated carbocycles. The van der Waals surface area contributed by atoms with Crippen molar-refractivity contribution >= 4 is 11.8 Å². The molecule has 0 fully saturated rings. The largest absolute Gasteiger partial charge is 0.366 e. The molecule has 2 aromatic heterocycles. The molecular formula is C16H20N8. The monoisotopic (exact) mass is 324 g/mol. The lowest BCUT2D eigenvalue weighted by molar-refractivity contribution is 0.881. The van der Waals surface area contributed by atoms with Gasteiger partial charge in [0.1, 0.15) is 5.82 Å². The maximum absolute atomic E-state index is 4.58. The van der Waals surface area contributed by atoms with Gasteiger partial charge in [-0.15, -0.1) is 10.2 Å². The Morgan fingerprint density at radius 3 is 2.71 bits per heavy atom. The summed E-state index contributed by atoms with van der Waals surface area (Å²) in [6.07, 6.45) is 0. The van der Waals surface area contributed by atoms with Gasteiger partial charge >= 0.3 is 0 Å². The molecule has 0 amide bonds. The first-order valence-corrected chi connectivity index (χ1v) is 7.64. The SMILES string of the molecule is Cc1nc(N(C)C)nc(NCc2cccc(-c3nn[nH]n3)c2)c1C. The number of hydrogen-bond acceptors (Lipinski definition) is 7. The average Bonchev–Trinajstić information content (AvgIpc) is 3.10. The molecule has 3 rings (SSSR count). The molecule has 8 nitrogen and oxygen atoms in total. The number of H-pyrrole nitrogens is 1. The lowest BCUT2D eigenvalue weighted by Gasteiger charge is -2.16. The molecule has 0 spiro atoms. The summed E-state index contributed by atoms with van der Waals surface area (Å²) in [6.45, 7) is 4.66. The molecule has 0 radical (unpaired) electrons. The van der Waals surface area contributed by atoms with Gasteiger partial charge in [-0.1, -0.05) is 18.2 Å². The number of aryl methyl sites for hydroxylation is 1. The zero-order chi connectivity index (χ0) is 17.1. The van der Waals surface area contributed by atoms with Crippen LogP contribution in [-0.4, -0.2) is 44.7 Å². The summed E-state index contributed by atoms with van der Waals surface area (Å²) in [5.74, 6) is 2.12. The van der Waals surface area contributed by atoms with Crippen molar-refractivity contribution in [3.63, 3.8) is 0 Å². The van der Waals surface area contributed by atoms with Crippen LogP contribution in [0.1, 0.15) is 16.8 Å². The van der Waals surface area contributed by atoms with Crippen molar-refractivity contribution in [2.75, 3.05) is 24.3 Å². The smallest absolute Gasteiger partial charge is 0.227 e. The molecule has 1 aromatic carbocycles. The molecule has 8 heteroatoms. The molecule has 3 aromatic rings. The van der Waals surface area contributed by atoms with E-state index in [2.05, 4.69) is 35.9 Å². The van der Waals surface area contributed by atoms with Crippen LogP contribution < -0.4 is 10.2 Å². The Kier molecular flexibility index (Phi) is 4.37. The van der Waals surface area contributed by atoms with Crippen LogP contribution in [-0.2, 0) is 6.54 Å². The topological polar surface area (TPSA) is 95.5 Å². The fraction of sp³-hybridized carbons (Fsp3) is 0.312. The minimum Gasteiger partial charge on any atom is -0.366 e. The summed E-state index contributed by atoms with van der Waals surface area (Å²) in [5.41, 5.74) is 4.05. The number of rotatable bonds is 5. The zero-order valence-corrected chi connectivity index (χ0v) is 14.2. The number of anilines is 2. The number of aromatic nitrogens is 6. The number of tetrazole rings is 1. The van der Waals surface area contributed by atoms with Crippen molar-refractivity contribution in [2.24, 2.45) is 0 Å². The fourth-order valence-corrected chi connectivity index (χ4v) is 2.28. The van der Waals surface area contributed by atoms with Gasteiger partial charge in [-0.25, -0.2) is 4.98 Å². The van der Waals surface area contributed by atoms with Crippen LogP contribution in [0.2, 0.25) is 0 Å². The van der Waals surface area contributed by atoms with Gasteiger partial charge in [-0.3, -0.25) is 0 Å². The van der Waals surface area contributed by atoms with Crippen LogP contribution in [0, 0.1) is 13.8 Å². The Labute approximate surface area is 140 Å². The maximum Gasteiger partial charge on any atom is 0.227 e. The molecule has 0 atom stereocenters. The van der Waals surface area contributed by atoms with E-state index in [1.807, 2.05) is 57.1 Å². The summed E-state index contributed by atoms with van der Waals surface area (Å²) in [5, 5.41) is 17.5. The van der Waals surface area contributed by atoms with Crippen molar-refractivity contribution in [2.45, 2.75) is 20.4 Å². The number of hydrogen-bond donors (Lipinski definition) is 2. The normalized spacial score (nSPS) is 10.7. The van der Waals surface area contributed by atoms with Crippen LogP contribution in [0.25, 0.3) is 11.4 Å². The Morgan fingerprint density at radius 2 is 2.00 bits per heavy atom. The van der Waals surface area contributed by atoms with E-state index in [0.717, 1.165) is 28.2 Å². The minimum absolute atomic E-state index is 0.584. The molecule has 0 bridgehead atoms. The first-order valence-electron chi connectivity index (χ1n) is 7.64. The van der Waals surface area contributed by atoms with E-state index < -0.39 is 0 Å². The Bertz CT molecular complexity index is 826. The standard InChI is InChI=1S/C16H20N8/c1-10-11(2)18-16(24(3)4)19-14(10)17-9-12-6-5-7-13(8-12)15-20-22-23-21-15/h5-8H,9H2,1-4H3,(H,17,18,19)(H,20,21,22,23). The van der Waals surface area contributed by atoms with Gasteiger partial charge in [0.2, 0.25) is 11.8 Å². The van der Waals surface area contributed by atoms with Crippen molar-refractivity contribution in [3.8, 4) is 11.4 Å². The third kappa shape index (κ3) is 3.32. The van der Waals surface area contributed by atoms with E-state index in [-0.39, 0.29) is 0 Å². The minimum atomic E-state index is 0.584. The highest BCUT2D eigenvalue weighted by Crippen LogP contribution is 2.20. The first-order chi connectivity index (χ1) is 11.5. The summed E-state index contributed by atoms with van der Waals surface area (Å²) in [4.78, 5) is 11.0. The van der Waals surface area contributed by atoms with Crippen LogP contribution >= 0.6 is 0 Å². The molecule has 2 N–H and O–H groups in total. The van der Waals surface area contributed by atoms with Crippen LogP contribution in [0.4, 0.5) is 11.8 Å². The summed E-state index contributed by atoms with van der Waals surface area (Å²) < 4.78 is 0. The van der Waals surface area contributed by atoms with E-state index in [9.17, 15) is 0 Å². The highest BCUT2D eigenvalue weighted by Gasteiger charge is 2.10. The van der Waals surface area contributed by atoms with Crippen molar-refractivity contribution in [3.05, 3.63) is 41.1 Å². The van der Waals surface area contributed by atoms with Crippen molar-refractivity contribution in [1.29, 1.82) is 0 Å². The van der Waals surface area contributed by atoms with Crippen LogP contribution in [0.5, 0.6) is 0 Å². The second kappa shape index (κ2) is 6.61. The van der Waals surface area contributed by atoms with Gasteiger partial charge in [-0.05, 0) is 30.7 Å². The first kappa shape index (κ1) is 15.9. The van der Waals surface area contributed by atoms with E-state index in [1.54, 1.807) is 0 Å². The van der Waals surface area contributed by atoms with Gasteiger partial charge in [0.05, 0.1) is 0 Å². The number of nitrogens with zero attached hydrogens (tertiary/aromatic N) is 6. The van der Waals surface area contributed by atoms with E-state index in [1.165, 1.54) is 0 Å². The molecule has 0 saturated heterocycles. The number of nitrogens with one attached hydrogen (secondary N) is 2. The number of aromatic amines is 1. The third-order valence-electron chi connectivity index (χ3n) is 3.77. The summed E-state index contributed by atoms with van der Waals surface area (Å²) in [7, 11) is 3.87. The van der Waals surface area contributed by atoms with Crippen molar-refractivity contribution in [1.82, 2.24) is 30.6 Å². The lowest BCUT2D eigenvalue weighted by Crippen LogP contribution is -2.16. The third-order valence-corrected chi connectivity index (χ3v) is 3.77. The molecule has 0 aliphatic carbocycles. The van der Waals surface area contributed by atoms with Gasteiger partial charge in [0.15, 0.2) is 0 Å². The van der Waals surface area contributed by atoms with Gasteiger partial charge in [0.25, 0.3) is 0 Å². The zero-order valence-electron chi connectivity index (χ0n) is 14.2. The molecule has 124 valence electrons. The Morgan fingerprint density at radius 1 is 1.17 bits per heavy atom. The average molecular weight is 324 g/mol. The predicted octanol–water partition coefficient (Wildman–Crippen LogP) is 1.95. The fourth-order valence-electron chi connectivity index (χ4n) is 2.28. The van der Waals surface area contributed by atoms with Gasteiger partial charge in [0, 0.05) is 37.5 Å².